The number of nitrogens with one attached hydrogen (secondary N) is 10. The van der Waals surface area contributed by atoms with Gasteiger partial charge in [0.2, 0.25) is 65.0 Å². The van der Waals surface area contributed by atoms with E-state index in [1.165, 1.54) is 38.1 Å². The molecular weight excluding hydrogens is 1110 g/mol. The summed E-state index contributed by atoms with van der Waals surface area (Å²) in [7, 11) is 0. The minimum Gasteiger partial charge on any atom is -0.508 e. The number of carbonyl (C=O) groups excluding carboxylic acids is 11. The summed E-state index contributed by atoms with van der Waals surface area (Å²) in [6, 6.07) is 0.322. The molecule has 85 heavy (non-hydrogen) atoms. The highest BCUT2D eigenvalue weighted by Crippen LogP contribution is 2.19. The fourth-order valence-electron chi connectivity index (χ4n) is 8.40. The number of H-pyrrole nitrogens is 1. The number of primary amides is 2. The molecular formula is C56H85N13O16. The maximum atomic E-state index is 13.9. The zero-order valence-corrected chi connectivity index (χ0v) is 49.3. The number of fused-ring (bicyclic) bond motifs is 1. The topological polar surface area (TPSA) is 488 Å². The number of benzene rings is 2. The number of aromatic hydroxyl groups is 1. The fourth-order valence-corrected chi connectivity index (χ4v) is 8.40. The summed E-state index contributed by atoms with van der Waals surface area (Å²) in [5, 5.41) is 60.6. The molecule has 0 radical (unpaired) electrons. The number of aromatic amines is 1. The van der Waals surface area contributed by atoms with Crippen LogP contribution in [0, 0.1) is 17.8 Å². The first-order chi connectivity index (χ1) is 39.7. The van der Waals surface area contributed by atoms with E-state index in [4.69, 9.17) is 27.1 Å². The van der Waals surface area contributed by atoms with Crippen molar-refractivity contribution in [3.63, 3.8) is 0 Å². The number of nitrogens with two attached hydrogens (primary N) is 3. The SMILES string of the molecule is CC(=O)O.CC(C)C[C@H](NC(=O)[C@H](CC(C)C)NC(=O)[C@H](Cc1ccc(O)cc1)NC(=O)CNC(=O)[C@H](C)NC(=O)[C@H](CO)NC(=O)[C@H](CC(N)=O)NC(=O)[C@H](CC(C)C)NC(=O)[C@@H](NC(=O)[C@@H](N)Cc1c[nH]c2ccccc12)[C@@H](C)O)C(N)=O. The molecule has 0 aliphatic carbocycles. The van der Waals surface area contributed by atoms with Crippen LogP contribution in [0.1, 0.15) is 99.1 Å². The smallest absolute Gasteiger partial charge is 0.300 e. The number of hydrogen-bond acceptors (Lipinski definition) is 16. The maximum Gasteiger partial charge on any atom is 0.300 e. The summed E-state index contributed by atoms with van der Waals surface area (Å²) in [6.07, 6.45) is -0.363. The number of aliphatic hydroxyl groups excluding tert-OH is 2. The number of para-hydroxylation sites is 1. The molecule has 0 bridgehead atoms. The number of amides is 11. The largest absolute Gasteiger partial charge is 0.508 e. The predicted molar refractivity (Wildman–Crippen MR) is 309 cm³/mol. The molecule has 20 N–H and O–H groups in total. The average Bonchev–Trinajstić information content (AvgIpc) is 4.12. The van der Waals surface area contributed by atoms with Crippen LogP contribution >= 0.6 is 0 Å². The van der Waals surface area contributed by atoms with E-state index in [9.17, 15) is 68.1 Å². The number of rotatable bonds is 33. The molecule has 0 spiro atoms. The third-order valence-electron chi connectivity index (χ3n) is 12.6. The molecule has 1 aromatic heterocycles. The highest BCUT2D eigenvalue weighted by molar-refractivity contribution is 5.99. The first-order valence-electron chi connectivity index (χ1n) is 27.6. The Hall–Kier alpha value is -8.70. The van der Waals surface area contributed by atoms with Crippen LogP contribution in [-0.2, 0) is 70.4 Å². The van der Waals surface area contributed by atoms with Gasteiger partial charge < -0.3 is 90.5 Å². The van der Waals surface area contributed by atoms with Crippen LogP contribution in [0.15, 0.2) is 54.7 Å². The zero-order chi connectivity index (χ0) is 64.4. The first kappa shape index (κ1) is 72.4. The van der Waals surface area contributed by atoms with E-state index in [0.717, 1.165) is 23.4 Å². The second-order valence-electron chi connectivity index (χ2n) is 21.8. The third kappa shape index (κ3) is 26.2. The molecule has 29 nitrogen and oxygen atoms in total. The van der Waals surface area contributed by atoms with Crippen molar-refractivity contribution in [1.29, 1.82) is 0 Å². The van der Waals surface area contributed by atoms with Gasteiger partial charge in [0.15, 0.2) is 0 Å². The minimum atomic E-state index is -1.80. The molecule has 0 aliphatic rings. The molecule has 29 heteroatoms. The summed E-state index contributed by atoms with van der Waals surface area (Å²) >= 11 is 0. The Labute approximate surface area is 492 Å². The highest BCUT2D eigenvalue weighted by atomic mass is 16.4. The second kappa shape index (κ2) is 35.4. The molecule has 0 fully saturated rings. The zero-order valence-electron chi connectivity index (χ0n) is 49.3. The average molecular weight is 1200 g/mol. The van der Waals surface area contributed by atoms with E-state index < -0.39 is 151 Å². The van der Waals surface area contributed by atoms with Crippen LogP contribution in [0.5, 0.6) is 5.75 Å². The van der Waals surface area contributed by atoms with Gasteiger partial charge in [-0.15, -0.1) is 0 Å². The van der Waals surface area contributed by atoms with Crippen molar-refractivity contribution in [2.75, 3.05) is 13.2 Å². The molecule has 0 saturated heterocycles. The maximum absolute atomic E-state index is 13.9. The Morgan fingerprint density at radius 1 is 0.553 bits per heavy atom. The number of aliphatic hydroxyl groups is 2. The predicted octanol–water partition coefficient (Wildman–Crippen LogP) is -3.04. The Morgan fingerprint density at radius 3 is 1.54 bits per heavy atom. The lowest BCUT2D eigenvalue weighted by Crippen LogP contribution is -2.61. The van der Waals surface area contributed by atoms with Gasteiger partial charge in [-0.25, -0.2) is 0 Å². The lowest BCUT2D eigenvalue weighted by molar-refractivity contribution is -0.137. The van der Waals surface area contributed by atoms with Crippen LogP contribution in [0.25, 0.3) is 10.9 Å². The Bertz CT molecular complexity index is 2780. The summed E-state index contributed by atoms with van der Waals surface area (Å²) in [5.41, 5.74) is 19.2. The monoisotopic (exact) mass is 1200 g/mol. The number of aromatic nitrogens is 1. The summed E-state index contributed by atoms with van der Waals surface area (Å²) in [4.78, 5) is 158. The van der Waals surface area contributed by atoms with Crippen LogP contribution < -0.4 is 65.1 Å². The lowest BCUT2D eigenvalue weighted by Gasteiger charge is -2.28. The van der Waals surface area contributed by atoms with Gasteiger partial charge >= 0.3 is 0 Å². The Morgan fingerprint density at radius 2 is 1.02 bits per heavy atom. The van der Waals surface area contributed by atoms with Crippen LogP contribution in [-0.4, -0.2) is 170 Å². The molecule has 2 aromatic carbocycles. The Kier molecular flexibility index (Phi) is 30.2. The van der Waals surface area contributed by atoms with E-state index in [0.29, 0.717) is 5.56 Å². The Balaban J connectivity index is 0.00000596. The summed E-state index contributed by atoms with van der Waals surface area (Å²) in [5.74, 6) is -11.6. The molecule has 0 unspecified atom stereocenters. The van der Waals surface area contributed by atoms with Crippen LogP contribution in [0.2, 0.25) is 0 Å². The van der Waals surface area contributed by atoms with Crippen molar-refractivity contribution in [2.45, 2.75) is 161 Å². The summed E-state index contributed by atoms with van der Waals surface area (Å²) < 4.78 is 0. The van der Waals surface area contributed by atoms with Gasteiger partial charge in [0.25, 0.3) is 5.97 Å². The number of carboxylic acid groups (broad SMARTS) is 1. The number of phenols is 1. The number of carbonyl (C=O) groups is 12. The standard InChI is InChI=1S/C54H81N13O14.C2H4O2/c1-26(2)17-37(46(57)73)62-49(76)38(18-27(3)4)63-51(78)40(20-31-13-15-33(70)16-14-31)61-44(72)24-59-47(74)29(7)60-53(80)42(25-68)66-52(79)41(22-43(56)71)64-50(77)39(19-28(5)6)65-54(81)45(30(8)69)67-48(75)35(55)21-32-23-58-36-12-10-9-11-34(32)36;1-2(3)4/h9-16,23,26-30,35,37-42,45,58,68-70H,17-22,24-25,55H2,1-8H3,(H2,56,71)(H2,57,73)(H,59,74)(H,60,80)(H,61,72)(H,62,76)(H,63,78)(H,64,77)(H,65,81)(H,66,79)(H,67,75);1H3,(H,3,4)/t29-,30+,35-,37-,38-,39-,40-,41-,42-,45-;/m0./s1. The van der Waals surface area contributed by atoms with Crippen molar-refractivity contribution < 1.29 is 78.0 Å². The van der Waals surface area contributed by atoms with Crippen LogP contribution in [0.3, 0.4) is 0 Å². The second-order valence-corrected chi connectivity index (χ2v) is 21.8. The lowest BCUT2D eigenvalue weighted by atomic mass is 9.99. The van der Waals surface area contributed by atoms with E-state index in [1.54, 1.807) is 20.0 Å². The minimum absolute atomic E-state index is 0.00865. The number of carboxylic acids is 1. The van der Waals surface area contributed by atoms with Gasteiger partial charge in [0.05, 0.1) is 31.7 Å². The normalized spacial score (nSPS) is 14.6. The van der Waals surface area contributed by atoms with E-state index >= 15 is 0 Å². The van der Waals surface area contributed by atoms with Crippen molar-refractivity contribution in [3.05, 3.63) is 65.9 Å². The third-order valence-corrected chi connectivity index (χ3v) is 12.6. The molecule has 10 atom stereocenters. The molecule has 1 heterocycles. The first-order valence-corrected chi connectivity index (χ1v) is 27.6. The number of phenolic OH excluding ortho intramolecular Hbond substituents is 1. The van der Waals surface area contributed by atoms with Crippen molar-refractivity contribution in [1.82, 2.24) is 52.8 Å². The van der Waals surface area contributed by atoms with Gasteiger partial charge in [-0.1, -0.05) is 71.9 Å². The van der Waals surface area contributed by atoms with E-state index in [2.05, 4.69) is 52.8 Å². The van der Waals surface area contributed by atoms with Crippen molar-refractivity contribution >= 4 is 81.9 Å². The van der Waals surface area contributed by atoms with E-state index in [-0.39, 0.29) is 55.6 Å². The highest BCUT2D eigenvalue weighted by Gasteiger charge is 2.36. The van der Waals surface area contributed by atoms with E-state index in [1.807, 2.05) is 52.0 Å². The van der Waals surface area contributed by atoms with Gasteiger partial charge in [0.1, 0.15) is 54.1 Å². The molecule has 470 valence electrons. The number of hydrogen-bond donors (Lipinski definition) is 17. The molecule has 3 aromatic rings. The van der Waals surface area contributed by atoms with Crippen LogP contribution in [0.4, 0.5) is 0 Å². The molecule has 11 amide bonds. The summed E-state index contributed by atoms with van der Waals surface area (Å²) in [6.45, 7) is 12.4. The molecule has 3 rings (SSSR count). The van der Waals surface area contributed by atoms with Gasteiger partial charge in [0, 0.05) is 30.4 Å². The van der Waals surface area contributed by atoms with Gasteiger partial charge in [-0.05, 0) is 86.6 Å². The van der Waals surface area contributed by atoms with Crippen molar-refractivity contribution in [3.8, 4) is 5.75 Å². The quantitative estimate of drug-likeness (QED) is 0.0288. The van der Waals surface area contributed by atoms with Crippen molar-refractivity contribution in [2.24, 2.45) is 35.0 Å². The fraction of sp³-hybridized carbons (Fsp3) is 0.536. The number of aliphatic carboxylic acids is 1. The van der Waals surface area contributed by atoms with Gasteiger partial charge in [-0.2, -0.15) is 0 Å². The van der Waals surface area contributed by atoms with Gasteiger partial charge in [-0.3, -0.25) is 57.5 Å². The molecule has 0 saturated carbocycles. The molecule has 0 aliphatic heterocycles.